The second kappa shape index (κ2) is 5.67. The smallest absolute Gasteiger partial charge is 0.221 e. The number of fused-ring (bicyclic) bond motifs is 1. The predicted octanol–water partition coefficient (Wildman–Crippen LogP) is 2.45. The highest BCUT2D eigenvalue weighted by atomic mass is 16.1. The molecule has 0 bridgehead atoms. The molecule has 1 aromatic heterocycles. The highest BCUT2D eigenvalue weighted by Crippen LogP contribution is 2.25. The van der Waals surface area contributed by atoms with Crippen LogP contribution in [0.4, 0.5) is 0 Å². The fraction of sp³-hybridized carbons (Fsp3) is 0.438. The Morgan fingerprint density at radius 2 is 2.05 bits per heavy atom. The van der Waals surface area contributed by atoms with Crippen LogP contribution in [0.3, 0.4) is 0 Å². The normalized spacial score (nSPS) is 12.7. The van der Waals surface area contributed by atoms with Crippen LogP contribution in [0.15, 0.2) is 12.1 Å². The lowest BCUT2D eigenvalue weighted by Gasteiger charge is -2.09. The molecular formula is C16H23N3O. The van der Waals surface area contributed by atoms with Crippen molar-refractivity contribution >= 4 is 16.8 Å². The number of rotatable bonds is 4. The number of carbonyl (C=O) groups excluding carboxylic acids is 1. The molecule has 0 saturated heterocycles. The van der Waals surface area contributed by atoms with Crippen molar-refractivity contribution in [2.24, 2.45) is 5.73 Å². The molecule has 0 saturated carbocycles. The molecule has 0 spiro atoms. The van der Waals surface area contributed by atoms with E-state index in [0.717, 1.165) is 11.1 Å². The van der Waals surface area contributed by atoms with Crippen LogP contribution in [0.5, 0.6) is 0 Å². The van der Waals surface area contributed by atoms with Crippen molar-refractivity contribution in [2.45, 2.75) is 46.7 Å². The third-order valence-corrected chi connectivity index (χ3v) is 3.63. The first-order chi connectivity index (χ1) is 9.38. The Morgan fingerprint density at radius 1 is 1.35 bits per heavy atom. The van der Waals surface area contributed by atoms with Crippen LogP contribution in [0.25, 0.3) is 10.9 Å². The van der Waals surface area contributed by atoms with Crippen molar-refractivity contribution < 1.29 is 4.79 Å². The van der Waals surface area contributed by atoms with Gasteiger partial charge in [0, 0.05) is 30.1 Å². The number of H-pyrrole nitrogens is 1. The second-order valence-corrected chi connectivity index (χ2v) is 5.68. The average Bonchev–Trinajstić information content (AvgIpc) is 2.63. The van der Waals surface area contributed by atoms with Gasteiger partial charge in [0.25, 0.3) is 0 Å². The molecule has 108 valence electrons. The number of hydrogen-bond acceptors (Lipinski definition) is 2. The number of benzene rings is 1. The maximum Gasteiger partial charge on any atom is 0.221 e. The lowest BCUT2D eigenvalue weighted by molar-refractivity contribution is -0.121. The molecule has 4 heteroatoms. The van der Waals surface area contributed by atoms with E-state index >= 15 is 0 Å². The van der Waals surface area contributed by atoms with Crippen molar-refractivity contribution in [3.05, 3.63) is 34.5 Å². The van der Waals surface area contributed by atoms with Crippen LogP contribution in [-0.4, -0.2) is 16.9 Å². The van der Waals surface area contributed by atoms with Crippen LogP contribution in [0.1, 0.15) is 35.7 Å². The van der Waals surface area contributed by atoms with Crippen LogP contribution < -0.4 is 11.1 Å². The van der Waals surface area contributed by atoms with Gasteiger partial charge < -0.3 is 16.0 Å². The topological polar surface area (TPSA) is 70.9 Å². The van der Waals surface area contributed by atoms with Gasteiger partial charge in [-0.2, -0.15) is 0 Å². The third kappa shape index (κ3) is 3.02. The number of hydrogen-bond donors (Lipinski definition) is 3. The summed E-state index contributed by atoms with van der Waals surface area (Å²) in [5.41, 5.74) is 11.5. The monoisotopic (exact) mass is 273 g/mol. The Bertz CT molecular complexity index is 641. The van der Waals surface area contributed by atoms with Crippen molar-refractivity contribution in [2.75, 3.05) is 0 Å². The number of nitrogens with one attached hydrogen (secondary N) is 2. The number of aromatic amines is 1. The molecule has 0 fully saturated rings. The zero-order chi connectivity index (χ0) is 14.9. The summed E-state index contributed by atoms with van der Waals surface area (Å²) in [6.45, 7) is 8.63. The Hall–Kier alpha value is -1.81. The quantitative estimate of drug-likeness (QED) is 0.800. The summed E-state index contributed by atoms with van der Waals surface area (Å²) < 4.78 is 0. The molecule has 1 unspecified atom stereocenters. The van der Waals surface area contributed by atoms with E-state index in [2.05, 4.69) is 43.2 Å². The van der Waals surface area contributed by atoms with Gasteiger partial charge in [-0.05, 0) is 44.9 Å². The number of aromatic nitrogens is 1. The fourth-order valence-electron chi connectivity index (χ4n) is 2.49. The van der Waals surface area contributed by atoms with Gasteiger partial charge >= 0.3 is 0 Å². The Labute approximate surface area is 119 Å². The summed E-state index contributed by atoms with van der Waals surface area (Å²) >= 11 is 0. The lowest BCUT2D eigenvalue weighted by Crippen LogP contribution is -2.29. The zero-order valence-electron chi connectivity index (χ0n) is 12.6. The SMILES string of the molecule is Cc1cc(CNC(=O)CC(C)N)c2[nH]c(C)c(C)c2c1. The zero-order valence-corrected chi connectivity index (χ0v) is 12.6. The number of carbonyl (C=O) groups is 1. The van der Waals surface area contributed by atoms with Gasteiger partial charge in [0.05, 0.1) is 5.52 Å². The van der Waals surface area contributed by atoms with E-state index in [1.165, 1.54) is 22.2 Å². The van der Waals surface area contributed by atoms with E-state index in [9.17, 15) is 4.79 Å². The molecule has 1 amide bonds. The van der Waals surface area contributed by atoms with E-state index in [-0.39, 0.29) is 11.9 Å². The van der Waals surface area contributed by atoms with Gasteiger partial charge in [0.1, 0.15) is 0 Å². The Balaban J connectivity index is 2.26. The molecule has 0 aliphatic heterocycles. The summed E-state index contributed by atoms with van der Waals surface area (Å²) in [5.74, 6) is -0.00495. The molecule has 2 aromatic rings. The van der Waals surface area contributed by atoms with Crippen LogP contribution in [-0.2, 0) is 11.3 Å². The van der Waals surface area contributed by atoms with Gasteiger partial charge in [-0.1, -0.05) is 11.6 Å². The van der Waals surface area contributed by atoms with Crippen LogP contribution >= 0.6 is 0 Å². The molecular weight excluding hydrogens is 250 g/mol. The highest BCUT2D eigenvalue weighted by molar-refractivity contribution is 5.88. The summed E-state index contributed by atoms with van der Waals surface area (Å²) in [4.78, 5) is 15.1. The first-order valence-electron chi connectivity index (χ1n) is 6.99. The van der Waals surface area contributed by atoms with E-state index in [1.807, 2.05) is 6.92 Å². The molecule has 0 radical (unpaired) electrons. The van der Waals surface area contributed by atoms with Crippen molar-refractivity contribution in [1.29, 1.82) is 0 Å². The standard InChI is InChI=1S/C16H23N3O/c1-9-5-13(8-18-15(20)7-10(2)17)16-14(6-9)11(3)12(4)19-16/h5-6,10,19H,7-8,17H2,1-4H3,(H,18,20). The summed E-state index contributed by atoms with van der Waals surface area (Å²) in [6, 6.07) is 4.19. The van der Waals surface area contributed by atoms with E-state index in [0.29, 0.717) is 13.0 Å². The van der Waals surface area contributed by atoms with Gasteiger partial charge in [0.2, 0.25) is 5.91 Å². The van der Waals surface area contributed by atoms with Crippen LogP contribution in [0.2, 0.25) is 0 Å². The third-order valence-electron chi connectivity index (χ3n) is 3.63. The Kier molecular flexibility index (Phi) is 4.14. The summed E-state index contributed by atoms with van der Waals surface area (Å²) in [5, 5.41) is 4.17. The van der Waals surface area contributed by atoms with Gasteiger partial charge in [-0.3, -0.25) is 4.79 Å². The number of aryl methyl sites for hydroxylation is 3. The van der Waals surface area contributed by atoms with Crippen LogP contribution in [0, 0.1) is 20.8 Å². The maximum absolute atomic E-state index is 11.7. The molecule has 4 nitrogen and oxygen atoms in total. The maximum atomic E-state index is 11.7. The van der Waals surface area contributed by atoms with Crippen molar-refractivity contribution in [3.8, 4) is 0 Å². The molecule has 1 aromatic carbocycles. The van der Waals surface area contributed by atoms with Gasteiger partial charge in [0.15, 0.2) is 0 Å². The fourth-order valence-corrected chi connectivity index (χ4v) is 2.49. The second-order valence-electron chi connectivity index (χ2n) is 5.68. The number of nitrogens with two attached hydrogens (primary N) is 1. The lowest BCUT2D eigenvalue weighted by atomic mass is 10.0. The Morgan fingerprint density at radius 3 is 2.70 bits per heavy atom. The minimum Gasteiger partial charge on any atom is -0.358 e. The van der Waals surface area contributed by atoms with Gasteiger partial charge in [-0.15, -0.1) is 0 Å². The molecule has 0 aliphatic carbocycles. The minimum atomic E-state index is -0.109. The highest BCUT2D eigenvalue weighted by Gasteiger charge is 2.11. The molecule has 1 heterocycles. The van der Waals surface area contributed by atoms with E-state index in [1.54, 1.807) is 0 Å². The molecule has 4 N–H and O–H groups in total. The van der Waals surface area contributed by atoms with Gasteiger partial charge in [-0.25, -0.2) is 0 Å². The first kappa shape index (κ1) is 14.6. The number of amides is 1. The average molecular weight is 273 g/mol. The summed E-state index contributed by atoms with van der Waals surface area (Å²) in [6.07, 6.45) is 0.359. The van der Waals surface area contributed by atoms with E-state index in [4.69, 9.17) is 5.73 Å². The minimum absolute atomic E-state index is 0.00495. The molecule has 20 heavy (non-hydrogen) atoms. The molecule has 1 atom stereocenters. The van der Waals surface area contributed by atoms with Crippen molar-refractivity contribution in [1.82, 2.24) is 10.3 Å². The predicted molar refractivity (Wildman–Crippen MR) is 82.6 cm³/mol. The first-order valence-corrected chi connectivity index (χ1v) is 6.99. The largest absolute Gasteiger partial charge is 0.358 e. The molecule has 2 rings (SSSR count). The molecule has 0 aliphatic rings. The summed E-state index contributed by atoms with van der Waals surface area (Å²) in [7, 11) is 0. The van der Waals surface area contributed by atoms with E-state index < -0.39 is 0 Å². The van der Waals surface area contributed by atoms with Crippen molar-refractivity contribution in [3.63, 3.8) is 0 Å².